The smallest absolute Gasteiger partial charge is 0.119 e. The average Bonchev–Trinajstić information content (AvgIpc) is 2.30. The van der Waals surface area contributed by atoms with Crippen molar-refractivity contribution >= 4 is 0 Å². The topological polar surface area (TPSA) is 45.0 Å². The van der Waals surface area contributed by atoms with E-state index in [-0.39, 0.29) is 0 Å². The molecule has 1 aromatic carbocycles. The van der Waals surface area contributed by atoms with Gasteiger partial charge in [-0.1, -0.05) is 6.92 Å². The first-order valence-corrected chi connectivity index (χ1v) is 5.20. The van der Waals surface area contributed by atoms with Gasteiger partial charge in [-0.3, -0.25) is 0 Å². The van der Waals surface area contributed by atoms with Gasteiger partial charge in [0.2, 0.25) is 0 Å². The molecule has 15 heavy (non-hydrogen) atoms. The normalized spacial score (nSPS) is 9.60. The van der Waals surface area contributed by atoms with E-state index in [0.29, 0.717) is 12.2 Å². The summed E-state index contributed by atoms with van der Waals surface area (Å²) in [7, 11) is 0. The molecule has 0 aliphatic rings. The standard InChI is InChI=1S/C12H16N2O/c1-2-14-8-3-9-15-12-6-4-11(10-13)5-7-12/h4-7,14H,2-3,8-9H2,1H3. The van der Waals surface area contributed by atoms with Crippen LogP contribution in [0.25, 0.3) is 0 Å². The minimum atomic E-state index is 0.662. The van der Waals surface area contributed by atoms with Gasteiger partial charge in [-0.05, 0) is 43.8 Å². The van der Waals surface area contributed by atoms with Crippen molar-refractivity contribution in [3.05, 3.63) is 29.8 Å². The Balaban J connectivity index is 2.23. The first-order valence-electron chi connectivity index (χ1n) is 5.20. The zero-order valence-electron chi connectivity index (χ0n) is 8.99. The molecule has 80 valence electrons. The molecular formula is C12H16N2O. The van der Waals surface area contributed by atoms with Gasteiger partial charge >= 0.3 is 0 Å². The quantitative estimate of drug-likeness (QED) is 0.720. The van der Waals surface area contributed by atoms with Crippen molar-refractivity contribution in [1.82, 2.24) is 5.32 Å². The Morgan fingerprint density at radius 1 is 1.33 bits per heavy atom. The number of hydrogen-bond donors (Lipinski definition) is 1. The van der Waals surface area contributed by atoms with Crippen LogP contribution in [-0.4, -0.2) is 19.7 Å². The van der Waals surface area contributed by atoms with Crippen molar-refractivity contribution in [2.75, 3.05) is 19.7 Å². The van der Waals surface area contributed by atoms with Crippen molar-refractivity contribution in [2.45, 2.75) is 13.3 Å². The molecule has 0 radical (unpaired) electrons. The van der Waals surface area contributed by atoms with Crippen LogP contribution in [0, 0.1) is 11.3 Å². The molecule has 0 spiro atoms. The third-order valence-electron chi connectivity index (χ3n) is 2.00. The van der Waals surface area contributed by atoms with Crippen LogP contribution in [0.3, 0.4) is 0 Å². The maximum absolute atomic E-state index is 8.60. The third-order valence-corrected chi connectivity index (χ3v) is 2.00. The van der Waals surface area contributed by atoms with Crippen LogP contribution < -0.4 is 10.1 Å². The van der Waals surface area contributed by atoms with E-state index in [1.807, 2.05) is 12.1 Å². The zero-order valence-corrected chi connectivity index (χ0v) is 8.99. The summed E-state index contributed by atoms with van der Waals surface area (Å²) in [6.07, 6.45) is 0.994. The summed E-state index contributed by atoms with van der Waals surface area (Å²) in [5.74, 6) is 0.825. The molecule has 0 unspecified atom stereocenters. The highest BCUT2D eigenvalue weighted by atomic mass is 16.5. The Kier molecular flexibility index (Phi) is 5.28. The van der Waals surface area contributed by atoms with Crippen LogP contribution in [0.15, 0.2) is 24.3 Å². The molecule has 0 aliphatic heterocycles. The lowest BCUT2D eigenvalue weighted by Crippen LogP contribution is -2.16. The van der Waals surface area contributed by atoms with Gasteiger partial charge in [-0.25, -0.2) is 0 Å². The molecule has 3 nitrogen and oxygen atoms in total. The molecule has 1 N–H and O–H groups in total. The van der Waals surface area contributed by atoms with E-state index in [9.17, 15) is 0 Å². The fourth-order valence-corrected chi connectivity index (χ4v) is 1.19. The summed E-state index contributed by atoms with van der Waals surface area (Å²) in [6, 6.07) is 9.25. The van der Waals surface area contributed by atoms with E-state index in [4.69, 9.17) is 10.00 Å². The van der Waals surface area contributed by atoms with Crippen LogP contribution >= 0.6 is 0 Å². The van der Waals surface area contributed by atoms with Crippen molar-refractivity contribution < 1.29 is 4.74 Å². The zero-order chi connectivity index (χ0) is 10.9. The summed E-state index contributed by atoms with van der Waals surface area (Å²) >= 11 is 0. The molecular weight excluding hydrogens is 188 g/mol. The molecule has 1 aromatic rings. The molecule has 0 amide bonds. The van der Waals surface area contributed by atoms with Gasteiger partial charge in [-0.15, -0.1) is 0 Å². The fraction of sp³-hybridized carbons (Fsp3) is 0.417. The largest absolute Gasteiger partial charge is 0.494 e. The van der Waals surface area contributed by atoms with Crippen LogP contribution in [0.4, 0.5) is 0 Å². The number of benzene rings is 1. The lowest BCUT2D eigenvalue weighted by Gasteiger charge is -2.05. The highest BCUT2D eigenvalue weighted by Gasteiger charge is 1.94. The third kappa shape index (κ3) is 4.48. The number of nitrogens with one attached hydrogen (secondary N) is 1. The molecule has 0 aromatic heterocycles. The van der Waals surface area contributed by atoms with Crippen LogP contribution in [0.5, 0.6) is 5.75 Å². The first-order chi connectivity index (χ1) is 7.36. The molecule has 0 atom stereocenters. The predicted molar refractivity (Wildman–Crippen MR) is 59.8 cm³/mol. The maximum atomic E-state index is 8.60. The molecule has 3 heteroatoms. The first kappa shape index (κ1) is 11.5. The summed E-state index contributed by atoms with van der Waals surface area (Å²) in [4.78, 5) is 0. The molecule has 0 heterocycles. The van der Waals surface area contributed by atoms with Gasteiger partial charge in [0.1, 0.15) is 5.75 Å². The van der Waals surface area contributed by atoms with E-state index in [1.54, 1.807) is 12.1 Å². The van der Waals surface area contributed by atoms with Crippen molar-refractivity contribution in [3.8, 4) is 11.8 Å². The van der Waals surface area contributed by atoms with Gasteiger partial charge in [-0.2, -0.15) is 5.26 Å². The Morgan fingerprint density at radius 3 is 2.67 bits per heavy atom. The molecule has 0 aliphatic carbocycles. The number of rotatable bonds is 6. The monoisotopic (exact) mass is 204 g/mol. The Morgan fingerprint density at radius 2 is 2.07 bits per heavy atom. The van der Waals surface area contributed by atoms with Crippen LogP contribution in [0.2, 0.25) is 0 Å². The highest BCUT2D eigenvalue weighted by Crippen LogP contribution is 2.11. The van der Waals surface area contributed by atoms with Gasteiger partial charge < -0.3 is 10.1 Å². The summed E-state index contributed by atoms with van der Waals surface area (Å²) in [5.41, 5.74) is 0.662. The predicted octanol–water partition coefficient (Wildman–Crippen LogP) is 1.94. The lowest BCUT2D eigenvalue weighted by molar-refractivity contribution is 0.308. The van der Waals surface area contributed by atoms with E-state index in [2.05, 4.69) is 18.3 Å². The van der Waals surface area contributed by atoms with Gasteiger partial charge in [0.05, 0.1) is 18.2 Å². The Hall–Kier alpha value is -1.53. The van der Waals surface area contributed by atoms with Gasteiger partial charge in [0.15, 0.2) is 0 Å². The maximum Gasteiger partial charge on any atom is 0.119 e. The van der Waals surface area contributed by atoms with Crippen LogP contribution in [0.1, 0.15) is 18.9 Å². The second kappa shape index (κ2) is 6.86. The molecule has 0 bridgehead atoms. The van der Waals surface area contributed by atoms with Crippen molar-refractivity contribution in [2.24, 2.45) is 0 Å². The molecule has 1 rings (SSSR count). The lowest BCUT2D eigenvalue weighted by atomic mass is 10.2. The van der Waals surface area contributed by atoms with Gasteiger partial charge in [0.25, 0.3) is 0 Å². The number of ether oxygens (including phenoxy) is 1. The molecule has 0 saturated heterocycles. The summed E-state index contributed by atoms with van der Waals surface area (Å²) in [5, 5.41) is 11.8. The second-order valence-corrected chi connectivity index (χ2v) is 3.19. The Bertz CT molecular complexity index is 313. The minimum absolute atomic E-state index is 0.662. The number of nitriles is 1. The van der Waals surface area contributed by atoms with E-state index < -0.39 is 0 Å². The second-order valence-electron chi connectivity index (χ2n) is 3.19. The average molecular weight is 204 g/mol. The number of hydrogen-bond acceptors (Lipinski definition) is 3. The summed E-state index contributed by atoms with van der Waals surface area (Å²) < 4.78 is 5.50. The SMILES string of the molecule is CCNCCCOc1ccc(C#N)cc1. The molecule has 0 saturated carbocycles. The van der Waals surface area contributed by atoms with Crippen LogP contribution in [-0.2, 0) is 0 Å². The van der Waals surface area contributed by atoms with E-state index in [1.165, 1.54) is 0 Å². The highest BCUT2D eigenvalue weighted by molar-refractivity contribution is 5.34. The van der Waals surface area contributed by atoms with Gasteiger partial charge in [0, 0.05) is 0 Å². The Labute approximate surface area is 90.7 Å². The van der Waals surface area contributed by atoms with E-state index >= 15 is 0 Å². The van der Waals surface area contributed by atoms with E-state index in [0.717, 1.165) is 25.3 Å². The fourth-order valence-electron chi connectivity index (χ4n) is 1.19. The van der Waals surface area contributed by atoms with Crippen molar-refractivity contribution in [1.29, 1.82) is 5.26 Å². The van der Waals surface area contributed by atoms with Crippen molar-refractivity contribution in [3.63, 3.8) is 0 Å². The number of nitrogens with zero attached hydrogens (tertiary/aromatic N) is 1. The summed E-state index contributed by atoms with van der Waals surface area (Å²) in [6.45, 7) is 4.77. The minimum Gasteiger partial charge on any atom is -0.494 e. The molecule has 0 fully saturated rings.